The molecule has 0 bridgehead atoms. The van der Waals surface area contributed by atoms with Crippen molar-refractivity contribution >= 4 is 11.8 Å². The molecule has 1 heterocycles. The Morgan fingerprint density at radius 1 is 1.58 bits per heavy atom. The van der Waals surface area contributed by atoms with Gasteiger partial charge in [0.25, 0.3) is 0 Å². The fourth-order valence-corrected chi connectivity index (χ4v) is 1.73. The van der Waals surface area contributed by atoms with Crippen LogP contribution in [-0.2, 0) is 0 Å². The van der Waals surface area contributed by atoms with E-state index in [-0.39, 0.29) is 0 Å². The van der Waals surface area contributed by atoms with Gasteiger partial charge in [-0.1, -0.05) is 19.1 Å². The Labute approximate surface area is 79.5 Å². The monoisotopic (exact) mass is 183 g/mol. The lowest BCUT2D eigenvalue weighted by Crippen LogP contribution is -2.18. The largest absolute Gasteiger partial charge is 0.355 e. The highest BCUT2D eigenvalue weighted by atomic mass is 32.2. The van der Waals surface area contributed by atoms with E-state index in [1.165, 1.54) is 5.70 Å². The van der Waals surface area contributed by atoms with E-state index < -0.39 is 0 Å². The van der Waals surface area contributed by atoms with Crippen molar-refractivity contribution < 1.29 is 0 Å². The number of allylic oxidation sites excluding steroid dienone is 3. The second-order valence-corrected chi connectivity index (χ2v) is 4.49. The minimum absolute atomic E-state index is 0.608. The maximum atomic E-state index is 2.33. The Morgan fingerprint density at radius 2 is 2.25 bits per heavy atom. The summed E-state index contributed by atoms with van der Waals surface area (Å²) in [4.78, 5) is 2.16. The smallest absolute Gasteiger partial charge is 0.0115 e. The van der Waals surface area contributed by atoms with E-state index in [1.54, 1.807) is 0 Å². The summed E-state index contributed by atoms with van der Waals surface area (Å²) < 4.78 is 0. The van der Waals surface area contributed by atoms with E-state index in [0.29, 0.717) is 11.2 Å². The molecule has 0 amide bonds. The minimum atomic E-state index is 0.608. The zero-order chi connectivity index (χ0) is 9.14. The minimum Gasteiger partial charge on any atom is -0.355 e. The van der Waals surface area contributed by atoms with Gasteiger partial charge in [-0.3, -0.25) is 0 Å². The van der Waals surface area contributed by atoms with Crippen molar-refractivity contribution in [2.45, 2.75) is 19.1 Å². The maximum Gasteiger partial charge on any atom is 0.0115 e. The summed E-state index contributed by atoms with van der Waals surface area (Å²) in [5, 5.41) is 0.685. The van der Waals surface area contributed by atoms with Crippen LogP contribution in [0.4, 0.5) is 0 Å². The van der Waals surface area contributed by atoms with Crippen LogP contribution >= 0.6 is 11.8 Å². The first-order chi connectivity index (χ1) is 5.65. The summed E-state index contributed by atoms with van der Waals surface area (Å²) in [5.41, 5.74) is 1.35. The van der Waals surface area contributed by atoms with Crippen LogP contribution in [0.3, 0.4) is 0 Å². The molecule has 1 nitrogen and oxygen atoms in total. The molecule has 0 saturated heterocycles. The first-order valence-electron chi connectivity index (χ1n) is 4.27. The number of hydrogen-bond acceptors (Lipinski definition) is 2. The summed E-state index contributed by atoms with van der Waals surface area (Å²) >= 11 is 1.92. The molecule has 0 aromatic rings. The molecule has 0 aromatic heterocycles. The molecule has 2 atom stereocenters. The fraction of sp³-hybridized carbons (Fsp3) is 0.600. The summed E-state index contributed by atoms with van der Waals surface area (Å²) in [6.45, 7) is 4.43. The van der Waals surface area contributed by atoms with Gasteiger partial charge >= 0.3 is 0 Å². The molecule has 0 fully saturated rings. The average molecular weight is 183 g/mol. The highest BCUT2D eigenvalue weighted by molar-refractivity contribution is 7.99. The van der Waals surface area contributed by atoms with Crippen LogP contribution in [-0.4, -0.2) is 23.5 Å². The van der Waals surface area contributed by atoms with E-state index in [1.807, 2.05) is 11.8 Å². The first-order valence-corrected chi connectivity index (χ1v) is 5.56. The van der Waals surface area contributed by atoms with Crippen LogP contribution in [0.5, 0.6) is 0 Å². The number of thioether (sulfide) groups is 1. The fourth-order valence-electron chi connectivity index (χ4n) is 1.25. The van der Waals surface area contributed by atoms with Crippen molar-refractivity contribution in [3.05, 3.63) is 24.0 Å². The van der Waals surface area contributed by atoms with E-state index in [9.17, 15) is 0 Å². The molecule has 1 aliphatic rings. The Bertz CT molecular complexity index is 208. The summed E-state index contributed by atoms with van der Waals surface area (Å²) in [6.07, 6.45) is 8.93. The van der Waals surface area contributed by atoms with E-state index in [2.05, 4.69) is 50.4 Å². The van der Waals surface area contributed by atoms with E-state index in [0.717, 1.165) is 0 Å². The van der Waals surface area contributed by atoms with Gasteiger partial charge in [0.2, 0.25) is 0 Å². The molecule has 12 heavy (non-hydrogen) atoms. The molecule has 0 radical (unpaired) electrons. The zero-order valence-corrected chi connectivity index (χ0v) is 9.06. The van der Waals surface area contributed by atoms with Gasteiger partial charge in [-0.05, 0) is 19.4 Å². The number of nitrogens with zero attached hydrogens (tertiary/aromatic N) is 1. The van der Waals surface area contributed by atoms with Gasteiger partial charge in [0.1, 0.15) is 0 Å². The molecule has 0 N–H and O–H groups in total. The Kier molecular flexibility index (Phi) is 3.27. The third-order valence-electron chi connectivity index (χ3n) is 2.44. The normalized spacial score (nSPS) is 25.5. The maximum absolute atomic E-state index is 2.33. The van der Waals surface area contributed by atoms with Crippen LogP contribution in [0.2, 0.25) is 0 Å². The zero-order valence-electron chi connectivity index (χ0n) is 8.24. The highest BCUT2D eigenvalue weighted by Gasteiger charge is 2.14. The molecule has 2 heteroatoms. The van der Waals surface area contributed by atoms with Crippen molar-refractivity contribution in [1.29, 1.82) is 0 Å². The van der Waals surface area contributed by atoms with Gasteiger partial charge in [0.05, 0.1) is 0 Å². The average Bonchev–Trinajstić information content (AvgIpc) is 2.08. The molecule has 1 rings (SSSR count). The van der Waals surface area contributed by atoms with Crippen LogP contribution in [0.1, 0.15) is 13.8 Å². The van der Waals surface area contributed by atoms with Gasteiger partial charge in [-0.2, -0.15) is 11.8 Å². The molecule has 0 saturated carbocycles. The lowest BCUT2D eigenvalue weighted by Gasteiger charge is -2.25. The van der Waals surface area contributed by atoms with Gasteiger partial charge in [-0.25, -0.2) is 0 Å². The van der Waals surface area contributed by atoms with Crippen LogP contribution in [0, 0.1) is 5.92 Å². The van der Waals surface area contributed by atoms with Crippen molar-refractivity contribution in [2.75, 3.05) is 13.3 Å². The topological polar surface area (TPSA) is 3.24 Å². The van der Waals surface area contributed by atoms with Crippen molar-refractivity contribution in [3.63, 3.8) is 0 Å². The molecule has 2 unspecified atom stereocenters. The number of rotatable bonds is 2. The summed E-state index contributed by atoms with van der Waals surface area (Å²) in [6, 6.07) is 0. The third kappa shape index (κ3) is 2.07. The third-order valence-corrected chi connectivity index (χ3v) is 3.49. The Balaban J connectivity index is 2.66. The van der Waals surface area contributed by atoms with Crippen LogP contribution in [0.25, 0.3) is 0 Å². The summed E-state index contributed by atoms with van der Waals surface area (Å²) in [5.74, 6) is 0.608. The Hall–Kier alpha value is -0.370. The molecule has 0 aromatic carbocycles. The van der Waals surface area contributed by atoms with Crippen LogP contribution < -0.4 is 0 Å². The van der Waals surface area contributed by atoms with E-state index >= 15 is 0 Å². The SMILES string of the molecule is CSC(C)C1C=CN(C)C(C)=C1. The molecular weight excluding hydrogens is 166 g/mol. The van der Waals surface area contributed by atoms with Crippen LogP contribution in [0.15, 0.2) is 24.0 Å². The first kappa shape index (κ1) is 9.72. The van der Waals surface area contributed by atoms with Gasteiger partial charge in [0.15, 0.2) is 0 Å². The Morgan fingerprint density at radius 3 is 2.75 bits per heavy atom. The second-order valence-electron chi connectivity index (χ2n) is 3.28. The summed E-state index contributed by atoms with van der Waals surface area (Å²) in [7, 11) is 2.09. The van der Waals surface area contributed by atoms with Crippen molar-refractivity contribution in [3.8, 4) is 0 Å². The highest BCUT2D eigenvalue weighted by Crippen LogP contribution is 2.24. The van der Waals surface area contributed by atoms with Gasteiger partial charge in [0, 0.05) is 23.9 Å². The second kappa shape index (κ2) is 4.04. The predicted molar refractivity (Wildman–Crippen MR) is 57.1 cm³/mol. The lowest BCUT2D eigenvalue weighted by molar-refractivity contribution is 0.534. The standard InChI is InChI=1S/C10H17NS/c1-8-7-10(9(2)12-4)5-6-11(8)3/h5-7,9-10H,1-4H3. The molecule has 68 valence electrons. The van der Waals surface area contributed by atoms with Gasteiger partial charge in [-0.15, -0.1) is 0 Å². The predicted octanol–water partition coefficient (Wildman–Crippen LogP) is 2.72. The molecule has 0 spiro atoms. The number of hydrogen-bond donors (Lipinski definition) is 0. The van der Waals surface area contributed by atoms with Crippen molar-refractivity contribution in [1.82, 2.24) is 4.90 Å². The lowest BCUT2D eigenvalue weighted by atomic mass is 10.0. The van der Waals surface area contributed by atoms with E-state index in [4.69, 9.17) is 0 Å². The molecule has 1 aliphatic heterocycles. The quantitative estimate of drug-likeness (QED) is 0.647. The molecule has 0 aliphatic carbocycles. The van der Waals surface area contributed by atoms with Gasteiger partial charge < -0.3 is 4.90 Å². The molecular formula is C10H17NS. The van der Waals surface area contributed by atoms with Crippen molar-refractivity contribution in [2.24, 2.45) is 5.92 Å².